The topological polar surface area (TPSA) is 80.7 Å². The maximum absolute atomic E-state index is 11.6. The summed E-state index contributed by atoms with van der Waals surface area (Å²) in [6.07, 6.45) is 4.46. The number of aliphatic carboxylic acids is 1. The average Bonchev–Trinajstić information content (AvgIpc) is 2.78. The molecule has 0 spiro atoms. The van der Waals surface area contributed by atoms with E-state index < -0.39 is 21.2 Å². The van der Waals surface area contributed by atoms with Gasteiger partial charge in [0.2, 0.25) is 0 Å². The van der Waals surface area contributed by atoms with E-state index in [1.807, 2.05) is 0 Å². The summed E-state index contributed by atoms with van der Waals surface area (Å²) in [4.78, 5) is 11.5. The van der Waals surface area contributed by atoms with Gasteiger partial charge in [-0.1, -0.05) is 6.42 Å². The van der Waals surface area contributed by atoms with Crippen LogP contribution in [0.1, 0.15) is 32.1 Å². The van der Waals surface area contributed by atoms with Crippen molar-refractivity contribution in [1.29, 1.82) is 0 Å². The van der Waals surface area contributed by atoms with Crippen LogP contribution in [0.2, 0.25) is 0 Å². The molecule has 0 radical (unpaired) electrons. The van der Waals surface area contributed by atoms with Crippen LogP contribution in [0.5, 0.6) is 0 Å². The minimum absolute atomic E-state index is 0.0778. The molecular formula is C12H20O5S. The van der Waals surface area contributed by atoms with Crippen LogP contribution in [-0.4, -0.2) is 44.2 Å². The van der Waals surface area contributed by atoms with Gasteiger partial charge in [-0.15, -0.1) is 0 Å². The van der Waals surface area contributed by atoms with Crippen LogP contribution in [0.25, 0.3) is 0 Å². The monoisotopic (exact) mass is 276 g/mol. The Bertz CT molecular complexity index is 422. The number of carbonyl (C=O) groups is 1. The quantitative estimate of drug-likeness (QED) is 0.834. The van der Waals surface area contributed by atoms with Crippen LogP contribution in [-0.2, 0) is 19.4 Å². The fourth-order valence-corrected chi connectivity index (χ4v) is 4.46. The molecule has 1 heterocycles. The van der Waals surface area contributed by atoms with E-state index in [0.717, 1.165) is 12.8 Å². The third kappa shape index (κ3) is 2.40. The molecule has 2 rings (SSSR count). The molecule has 6 heteroatoms. The number of sulfone groups is 1. The number of ether oxygens (including phenoxy) is 1. The smallest absolute Gasteiger partial charge is 0.312 e. The van der Waals surface area contributed by atoms with Gasteiger partial charge >= 0.3 is 5.97 Å². The molecule has 1 N–H and O–H groups in total. The average molecular weight is 276 g/mol. The molecule has 1 aliphatic carbocycles. The predicted octanol–water partition coefficient (Wildman–Crippen LogP) is 1.08. The number of rotatable bonds is 3. The van der Waals surface area contributed by atoms with Gasteiger partial charge in [0.05, 0.1) is 17.3 Å². The Hall–Kier alpha value is -0.620. The van der Waals surface area contributed by atoms with Gasteiger partial charge in [-0.25, -0.2) is 8.42 Å². The van der Waals surface area contributed by atoms with Crippen LogP contribution in [0, 0.1) is 11.3 Å². The van der Waals surface area contributed by atoms with E-state index >= 15 is 0 Å². The van der Waals surface area contributed by atoms with Crippen LogP contribution >= 0.6 is 0 Å². The second-order valence-electron chi connectivity index (χ2n) is 5.58. The van der Waals surface area contributed by atoms with Crippen molar-refractivity contribution in [1.82, 2.24) is 0 Å². The Morgan fingerprint density at radius 2 is 2.11 bits per heavy atom. The summed E-state index contributed by atoms with van der Waals surface area (Å²) >= 11 is 0. The normalized spacial score (nSPS) is 37.6. The highest BCUT2D eigenvalue weighted by molar-refractivity contribution is 7.91. The van der Waals surface area contributed by atoms with Crippen molar-refractivity contribution in [2.24, 2.45) is 11.3 Å². The maximum atomic E-state index is 11.6. The first kappa shape index (κ1) is 13.8. The van der Waals surface area contributed by atoms with E-state index in [1.165, 1.54) is 6.26 Å². The van der Waals surface area contributed by atoms with E-state index in [-0.39, 0.29) is 17.8 Å². The Kier molecular flexibility index (Phi) is 3.69. The molecule has 3 unspecified atom stereocenters. The zero-order valence-electron chi connectivity index (χ0n) is 10.6. The SMILES string of the molecule is CS(=O)(=O)C1CCCC(C2(C(=O)O)CCOC2)C1. The summed E-state index contributed by atoms with van der Waals surface area (Å²) in [5, 5.41) is 9.09. The summed E-state index contributed by atoms with van der Waals surface area (Å²) in [5.74, 6) is -0.912. The van der Waals surface area contributed by atoms with Crippen molar-refractivity contribution in [2.45, 2.75) is 37.4 Å². The highest BCUT2D eigenvalue weighted by Gasteiger charge is 2.50. The first-order valence-electron chi connectivity index (χ1n) is 6.36. The molecule has 18 heavy (non-hydrogen) atoms. The molecule has 1 saturated heterocycles. The summed E-state index contributed by atoms with van der Waals surface area (Å²) in [6.45, 7) is 0.690. The van der Waals surface area contributed by atoms with Crippen LogP contribution < -0.4 is 0 Å². The number of hydrogen-bond donors (Lipinski definition) is 1. The first-order valence-corrected chi connectivity index (χ1v) is 8.32. The van der Waals surface area contributed by atoms with E-state index in [4.69, 9.17) is 4.74 Å². The van der Waals surface area contributed by atoms with Crippen molar-refractivity contribution >= 4 is 15.8 Å². The first-order chi connectivity index (χ1) is 8.36. The lowest BCUT2D eigenvalue weighted by Gasteiger charge is -2.37. The molecule has 2 aliphatic rings. The van der Waals surface area contributed by atoms with Gasteiger partial charge in [0.25, 0.3) is 0 Å². The van der Waals surface area contributed by atoms with Crippen LogP contribution in [0.4, 0.5) is 0 Å². The molecule has 0 bridgehead atoms. The molecule has 104 valence electrons. The Labute approximate surface area is 107 Å². The van der Waals surface area contributed by atoms with Gasteiger partial charge in [0, 0.05) is 12.9 Å². The minimum atomic E-state index is -3.07. The third-order valence-electron chi connectivity index (χ3n) is 4.49. The third-order valence-corrected chi connectivity index (χ3v) is 6.13. The molecule has 0 aromatic rings. The van der Waals surface area contributed by atoms with E-state index in [0.29, 0.717) is 25.9 Å². The predicted molar refractivity (Wildman–Crippen MR) is 66.1 cm³/mol. The van der Waals surface area contributed by atoms with E-state index in [9.17, 15) is 18.3 Å². The van der Waals surface area contributed by atoms with E-state index in [2.05, 4.69) is 0 Å². The van der Waals surface area contributed by atoms with Crippen molar-refractivity contribution in [2.75, 3.05) is 19.5 Å². The largest absolute Gasteiger partial charge is 0.481 e. The maximum Gasteiger partial charge on any atom is 0.312 e. The van der Waals surface area contributed by atoms with Gasteiger partial charge in [-0.3, -0.25) is 4.79 Å². The number of carboxylic acids is 1. The van der Waals surface area contributed by atoms with Crippen molar-refractivity contribution in [3.05, 3.63) is 0 Å². The molecule has 0 aromatic heterocycles. The lowest BCUT2D eigenvalue weighted by atomic mass is 9.68. The lowest BCUT2D eigenvalue weighted by molar-refractivity contribution is -0.153. The lowest BCUT2D eigenvalue weighted by Crippen LogP contribution is -2.43. The van der Waals surface area contributed by atoms with Gasteiger partial charge in [-0.05, 0) is 31.6 Å². The Balaban J connectivity index is 2.19. The summed E-state index contributed by atoms with van der Waals surface area (Å²) in [5.41, 5.74) is -0.858. The minimum Gasteiger partial charge on any atom is -0.481 e. The standard InChI is InChI=1S/C12H20O5S/c1-18(15,16)10-4-2-3-9(7-10)12(11(13)14)5-6-17-8-12/h9-10H,2-8H2,1H3,(H,13,14). The molecule has 0 aromatic carbocycles. The van der Waals surface area contributed by atoms with Crippen LogP contribution in [0.3, 0.4) is 0 Å². The van der Waals surface area contributed by atoms with Crippen LogP contribution in [0.15, 0.2) is 0 Å². The molecule has 1 aliphatic heterocycles. The zero-order chi connectivity index (χ0) is 13.4. The highest BCUT2D eigenvalue weighted by Crippen LogP contribution is 2.45. The summed E-state index contributed by atoms with van der Waals surface area (Å²) in [6, 6.07) is 0. The molecule has 1 saturated carbocycles. The van der Waals surface area contributed by atoms with Crippen molar-refractivity contribution in [3.8, 4) is 0 Å². The highest BCUT2D eigenvalue weighted by atomic mass is 32.2. The van der Waals surface area contributed by atoms with Gasteiger partial charge < -0.3 is 9.84 Å². The molecule has 2 fully saturated rings. The number of hydrogen-bond acceptors (Lipinski definition) is 4. The van der Waals surface area contributed by atoms with Crippen molar-refractivity contribution < 1.29 is 23.1 Å². The van der Waals surface area contributed by atoms with Gasteiger partial charge in [-0.2, -0.15) is 0 Å². The van der Waals surface area contributed by atoms with Crippen molar-refractivity contribution in [3.63, 3.8) is 0 Å². The fourth-order valence-electron chi connectivity index (χ4n) is 3.28. The van der Waals surface area contributed by atoms with Gasteiger partial charge in [0.15, 0.2) is 0 Å². The summed E-state index contributed by atoms with van der Waals surface area (Å²) < 4.78 is 28.6. The van der Waals surface area contributed by atoms with Gasteiger partial charge in [0.1, 0.15) is 9.84 Å². The second kappa shape index (κ2) is 4.81. The number of carboxylic acid groups (broad SMARTS) is 1. The Morgan fingerprint density at radius 3 is 2.61 bits per heavy atom. The summed E-state index contributed by atoms with van der Waals surface area (Å²) in [7, 11) is -3.07. The zero-order valence-corrected chi connectivity index (χ0v) is 11.4. The molecule has 0 amide bonds. The second-order valence-corrected chi connectivity index (χ2v) is 7.90. The Morgan fingerprint density at radius 1 is 1.39 bits per heavy atom. The molecular weight excluding hydrogens is 256 g/mol. The van der Waals surface area contributed by atoms with E-state index in [1.54, 1.807) is 0 Å². The molecule has 3 atom stereocenters. The molecule has 5 nitrogen and oxygen atoms in total. The fraction of sp³-hybridized carbons (Fsp3) is 0.917.